The van der Waals surface area contributed by atoms with E-state index in [0.717, 1.165) is 24.0 Å². The fourth-order valence-electron chi connectivity index (χ4n) is 4.36. The number of hydrogen-bond acceptors (Lipinski definition) is 2. The van der Waals surface area contributed by atoms with Crippen LogP contribution >= 0.6 is 23.2 Å². The van der Waals surface area contributed by atoms with E-state index >= 15 is 0 Å². The molecule has 1 N–H and O–H groups in total. The summed E-state index contributed by atoms with van der Waals surface area (Å²) in [5.41, 5.74) is 1.92. The third-order valence-electron chi connectivity index (χ3n) is 6.30. The first-order chi connectivity index (χ1) is 13.2. The smallest absolute Gasteiger partial charge is 0.236 e. The highest BCUT2D eigenvalue weighted by Crippen LogP contribution is 2.46. The minimum absolute atomic E-state index is 0.0387. The van der Waals surface area contributed by atoms with E-state index in [0.29, 0.717) is 28.5 Å². The van der Waals surface area contributed by atoms with Crippen LogP contribution < -0.4 is 5.32 Å². The molecule has 1 spiro atoms. The molecule has 1 aliphatic carbocycles. The molecule has 2 fully saturated rings. The van der Waals surface area contributed by atoms with Gasteiger partial charge in [0.05, 0.1) is 5.54 Å². The molecule has 2 aliphatic rings. The molecule has 0 radical (unpaired) electrons. The Bertz CT molecular complexity index is 940. The van der Waals surface area contributed by atoms with E-state index in [1.807, 2.05) is 36.4 Å². The summed E-state index contributed by atoms with van der Waals surface area (Å²) in [6.07, 6.45) is 3.22. The van der Waals surface area contributed by atoms with Crippen molar-refractivity contribution in [2.75, 3.05) is 0 Å². The topological polar surface area (TPSA) is 46.2 Å². The quantitative estimate of drug-likeness (QED) is 0.631. The lowest BCUT2D eigenvalue weighted by molar-refractivity contribution is -0.126. The molecule has 1 saturated carbocycles. The molecule has 0 bridgehead atoms. The van der Waals surface area contributed by atoms with Crippen LogP contribution in [0.5, 0.6) is 0 Å². The molecule has 3 nitrogen and oxygen atoms in total. The molecular weight excluding hydrogens is 393 g/mol. The van der Waals surface area contributed by atoms with Crippen LogP contribution in [0.3, 0.4) is 0 Å². The molecule has 5 heteroatoms. The first kappa shape index (κ1) is 19.5. The van der Waals surface area contributed by atoms with E-state index in [4.69, 9.17) is 23.2 Å². The Kier molecular flexibility index (Phi) is 4.79. The maximum atomic E-state index is 13.4. The molecule has 1 aliphatic heterocycles. The highest BCUT2D eigenvalue weighted by molar-refractivity contribution is 6.33. The Hall–Kier alpha value is -1.84. The molecule has 1 amide bonds. The van der Waals surface area contributed by atoms with E-state index in [1.54, 1.807) is 6.07 Å². The predicted octanol–water partition coefficient (Wildman–Crippen LogP) is 5.78. The number of ketones is 1. The highest BCUT2D eigenvalue weighted by Gasteiger charge is 2.55. The monoisotopic (exact) mass is 415 g/mol. The number of amides is 1. The van der Waals surface area contributed by atoms with Gasteiger partial charge >= 0.3 is 0 Å². The van der Waals surface area contributed by atoms with Gasteiger partial charge in [-0.25, -0.2) is 0 Å². The summed E-state index contributed by atoms with van der Waals surface area (Å²) in [6.45, 7) is 4.43. The first-order valence-electron chi connectivity index (χ1n) is 9.63. The van der Waals surface area contributed by atoms with E-state index in [9.17, 15) is 9.59 Å². The average molecular weight is 416 g/mol. The molecule has 2 aromatic carbocycles. The van der Waals surface area contributed by atoms with Crippen molar-refractivity contribution in [3.63, 3.8) is 0 Å². The number of hydrogen-bond donors (Lipinski definition) is 1. The number of benzene rings is 2. The number of Topliss-reactive ketones (excluding diaryl/α,β-unsaturated/α-hetero) is 1. The first-order valence-corrected chi connectivity index (χ1v) is 10.4. The van der Waals surface area contributed by atoms with Crippen molar-refractivity contribution >= 4 is 34.9 Å². The van der Waals surface area contributed by atoms with Crippen molar-refractivity contribution in [2.24, 2.45) is 5.41 Å². The van der Waals surface area contributed by atoms with Crippen LogP contribution in [0.1, 0.15) is 51.0 Å². The Morgan fingerprint density at radius 3 is 2.14 bits per heavy atom. The van der Waals surface area contributed by atoms with Crippen LogP contribution in [0.15, 0.2) is 42.5 Å². The molecule has 1 heterocycles. The normalized spacial score (nSPS) is 23.1. The van der Waals surface area contributed by atoms with Gasteiger partial charge in [0.15, 0.2) is 5.78 Å². The second kappa shape index (κ2) is 6.89. The largest absolute Gasteiger partial charge is 0.343 e. The number of carbonyl (C=O) groups is 2. The molecule has 0 aromatic heterocycles. The molecule has 1 unspecified atom stereocenters. The van der Waals surface area contributed by atoms with E-state index in [2.05, 4.69) is 19.2 Å². The van der Waals surface area contributed by atoms with Gasteiger partial charge in [0.2, 0.25) is 5.91 Å². The minimum atomic E-state index is -0.846. The molecular formula is C23H23Cl2NO2. The van der Waals surface area contributed by atoms with E-state index in [-0.39, 0.29) is 17.1 Å². The van der Waals surface area contributed by atoms with Crippen LogP contribution in [0.2, 0.25) is 10.0 Å². The van der Waals surface area contributed by atoms with Gasteiger partial charge in [-0.1, -0.05) is 55.2 Å². The van der Waals surface area contributed by atoms with Crippen LogP contribution in [-0.4, -0.2) is 17.2 Å². The molecule has 2 aromatic rings. The summed E-state index contributed by atoms with van der Waals surface area (Å²) in [5.74, 6) is -1.12. The second-order valence-corrected chi connectivity index (χ2v) is 9.62. The van der Waals surface area contributed by atoms with Crippen molar-refractivity contribution in [2.45, 2.75) is 51.0 Å². The fourth-order valence-corrected chi connectivity index (χ4v) is 4.71. The summed E-state index contributed by atoms with van der Waals surface area (Å²) < 4.78 is 0. The zero-order chi connectivity index (χ0) is 20.1. The van der Waals surface area contributed by atoms with Gasteiger partial charge in [-0.05, 0) is 72.1 Å². The molecule has 28 heavy (non-hydrogen) atoms. The summed E-state index contributed by atoms with van der Waals surface area (Å²) in [7, 11) is 0. The zero-order valence-electron chi connectivity index (χ0n) is 16.0. The SMILES string of the molecule is CC1(C)CCC2(CC1)NC(=O)C(c1cc(-c3ccc(Cl)cc3)ccc1Cl)C2=O. The molecule has 1 saturated heterocycles. The minimum Gasteiger partial charge on any atom is -0.343 e. The Balaban J connectivity index is 1.69. The van der Waals surface area contributed by atoms with E-state index < -0.39 is 11.5 Å². The van der Waals surface area contributed by atoms with Gasteiger partial charge in [-0.2, -0.15) is 0 Å². The van der Waals surface area contributed by atoms with Crippen LogP contribution in [0.25, 0.3) is 11.1 Å². The number of nitrogens with one attached hydrogen (secondary N) is 1. The van der Waals surface area contributed by atoms with Crippen molar-refractivity contribution in [1.29, 1.82) is 0 Å². The van der Waals surface area contributed by atoms with Gasteiger partial charge < -0.3 is 5.32 Å². The van der Waals surface area contributed by atoms with Crippen LogP contribution in [0.4, 0.5) is 0 Å². The van der Waals surface area contributed by atoms with Gasteiger partial charge in [-0.15, -0.1) is 0 Å². The zero-order valence-corrected chi connectivity index (χ0v) is 17.5. The summed E-state index contributed by atoms with van der Waals surface area (Å²) in [4.78, 5) is 26.2. The summed E-state index contributed by atoms with van der Waals surface area (Å²) >= 11 is 12.4. The Morgan fingerprint density at radius 2 is 1.50 bits per heavy atom. The predicted molar refractivity (Wildman–Crippen MR) is 113 cm³/mol. The van der Waals surface area contributed by atoms with Gasteiger partial charge in [0, 0.05) is 10.0 Å². The highest BCUT2D eigenvalue weighted by atomic mass is 35.5. The maximum Gasteiger partial charge on any atom is 0.236 e. The number of carbonyl (C=O) groups excluding carboxylic acids is 2. The number of halogens is 2. The molecule has 1 atom stereocenters. The van der Waals surface area contributed by atoms with Crippen LogP contribution in [-0.2, 0) is 9.59 Å². The van der Waals surface area contributed by atoms with Crippen molar-refractivity contribution in [1.82, 2.24) is 5.32 Å². The Labute approximate surface area is 175 Å². The van der Waals surface area contributed by atoms with Gasteiger partial charge in [-0.3, -0.25) is 9.59 Å². The average Bonchev–Trinajstić information content (AvgIpc) is 2.90. The summed E-state index contributed by atoms with van der Waals surface area (Å²) in [6, 6.07) is 13.0. The molecule has 146 valence electrons. The fraction of sp³-hybridized carbons (Fsp3) is 0.391. The van der Waals surface area contributed by atoms with E-state index in [1.165, 1.54) is 0 Å². The van der Waals surface area contributed by atoms with Crippen molar-refractivity contribution in [3.05, 3.63) is 58.1 Å². The van der Waals surface area contributed by atoms with Gasteiger partial charge in [0.25, 0.3) is 0 Å². The maximum absolute atomic E-state index is 13.4. The lowest BCUT2D eigenvalue weighted by Gasteiger charge is -2.40. The van der Waals surface area contributed by atoms with Crippen molar-refractivity contribution < 1.29 is 9.59 Å². The second-order valence-electron chi connectivity index (χ2n) is 8.78. The third-order valence-corrected chi connectivity index (χ3v) is 6.90. The third kappa shape index (κ3) is 3.35. The van der Waals surface area contributed by atoms with Crippen LogP contribution in [0, 0.1) is 5.41 Å². The summed E-state index contributed by atoms with van der Waals surface area (Å²) in [5, 5.41) is 4.14. The van der Waals surface area contributed by atoms with Crippen molar-refractivity contribution in [3.8, 4) is 11.1 Å². The lowest BCUT2D eigenvalue weighted by Crippen LogP contribution is -2.50. The Morgan fingerprint density at radius 1 is 0.893 bits per heavy atom. The molecule has 4 rings (SSSR count). The standard InChI is InChI=1S/C23H23Cl2NO2/c1-22(2)9-11-23(12-10-22)20(27)19(21(28)26-23)17-13-15(5-8-18(17)25)14-3-6-16(24)7-4-14/h3-8,13,19H,9-12H2,1-2H3,(H,26,28). The lowest BCUT2D eigenvalue weighted by atomic mass is 9.67. The number of rotatable bonds is 2. The van der Waals surface area contributed by atoms with Gasteiger partial charge in [0.1, 0.15) is 5.92 Å².